The maximum Gasteiger partial charge on any atom is 0.331 e. The molecule has 1 amide bonds. The van der Waals surface area contributed by atoms with Crippen LogP contribution in [-0.2, 0) is 23.9 Å². The molecule has 2 aromatic carbocycles. The minimum absolute atomic E-state index is 0.207. The first-order chi connectivity index (χ1) is 14.0. The summed E-state index contributed by atoms with van der Waals surface area (Å²) in [5.41, 5.74) is 1.21. The molecule has 0 N–H and O–H groups in total. The Morgan fingerprint density at radius 1 is 0.966 bits per heavy atom. The lowest BCUT2D eigenvalue weighted by atomic mass is 10.2. The van der Waals surface area contributed by atoms with Crippen molar-refractivity contribution in [2.45, 2.75) is 6.92 Å². The Morgan fingerprint density at radius 3 is 2.34 bits per heavy atom. The molecule has 2 rings (SSSR count). The molecule has 0 bridgehead atoms. The van der Waals surface area contributed by atoms with Crippen molar-refractivity contribution in [1.82, 2.24) is 0 Å². The highest BCUT2D eigenvalue weighted by Gasteiger charge is 2.20. The zero-order chi connectivity index (χ0) is 21.1. The van der Waals surface area contributed by atoms with Crippen LogP contribution in [-0.4, -0.2) is 44.7 Å². The fourth-order valence-electron chi connectivity index (χ4n) is 2.49. The van der Waals surface area contributed by atoms with E-state index in [-0.39, 0.29) is 13.2 Å². The summed E-state index contributed by atoms with van der Waals surface area (Å²) in [6, 6.07) is 15.8. The Labute approximate surface area is 169 Å². The van der Waals surface area contributed by atoms with Gasteiger partial charge in [0.15, 0.2) is 6.61 Å². The molecule has 0 saturated heterocycles. The zero-order valence-electron chi connectivity index (χ0n) is 16.4. The molecule has 0 unspecified atom stereocenters. The molecule has 0 spiro atoms. The van der Waals surface area contributed by atoms with Crippen molar-refractivity contribution in [2.24, 2.45) is 0 Å². The third kappa shape index (κ3) is 6.80. The molecule has 29 heavy (non-hydrogen) atoms. The lowest BCUT2D eigenvalue weighted by molar-refractivity contribution is -0.144. The summed E-state index contributed by atoms with van der Waals surface area (Å²) >= 11 is 0. The summed E-state index contributed by atoms with van der Waals surface area (Å²) in [6.07, 6.45) is 2.75. The molecule has 0 atom stereocenters. The molecule has 0 aliphatic rings. The molecule has 7 nitrogen and oxygen atoms in total. The van der Waals surface area contributed by atoms with Gasteiger partial charge in [0.1, 0.15) is 12.3 Å². The summed E-state index contributed by atoms with van der Waals surface area (Å²) in [6.45, 7) is 1.11. The number of anilines is 1. The number of ether oxygens (including phenoxy) is 3. The number of hydrogen-bond acceptors (Lipinski definition) is 6. The van der Waals surface area contributed by atoms with Crippen LogP contribution in [0.2, 0.25) is 0 Å². The van der Waals surface area contributed by atoms with Crippen molar-refractivity contribution >= 4 is 29.6 Å². The summed E-state index contributed by atoms with van der Waals surface area (Å²) in [7, 11) is 1.53. The van der Waals surface area contributed by atoms with Crippen molar-refractivity contribution in [3.63, 3.8) is 0 Å². The van der Waals surface area contributed by atoms with Gasteiger partial charge in [-0.2, -0.15) is 0 Å². The van der Waals surface area contributed by atoms with Crippen molar-refractivity contribution in [3.05, 3.63) is 66.2 Å². The maximum atomic E-state index is 12.6. The Bertz CT molecular complexity index is 863. The topological polar surface area (TPSA) is 82.1 Å². The number of rotatable bonds is 9. The molecule has 0 radical (unpaired) electrons. The molecule has 2 aromatic rings. The van der Waals surface area contributed by atoms with Gasteiger partial charge in [-0.15, -0.1) is 0 Å². The van der Waals surface area contributed by atoms with E-state index in [1.165, 1.54) is 18.1 Å². The highest BCUT2D eigenvalue weighted by atomic mass is 16.5. The number of amides is 1. The number of carbonyl (C=O) groups excluding carboxylic acids is 3. The highest BCUT2D eigenvalue weighted by Crippen LogP contribution is 2.18. The van der Waals surface area contributed by atoms with Gasteiger partial charge in [0.05, 0.1) is 13.7 Å². The standard InChI is InChI=1S/C22H23NO6/c1-3-28-22(26)15-23(18-10-5-4-6-11-18)20(24)16-29-21(25)14-13-17-9-7-8-12-19(17)27-2/h4-14H,3,15-16H2,1-2H3/b14-13+. The van der Waals surface area contributed by atoms with Gasteiger partial charge in [-0.05, 0) is 31.2 Å². The fourth-order valence-corrected chi connectivity index (χ4v) is 2.49. The molecule has 0 heterocycles. The molecule has 7 heteroatoms. The average molecular weight is 397 g/mol. The largest absolute Gasteiger partial charge is 0.496 e. The monoisotopic (exact) mass is 397 g/mol. The van der Waals surface area contributed by atoms with Crippen LogP contribution in [0.25, 0.3) is 6.08 Å². The molecule has 0 aliphatic carbocycles. The van der Waals surface area contributed by atoms with Gasteiger partial charge in [-0.1, -0.05) is 36.4 Å². The number of hydrogen-bond donors (Lipinski definition) is 0. The quantitative estimate of drug-likeness (QED) is 0.478. The lowest BCUT2D eigenvalue weighted by Crippen LogP contribution is -2.39. The van der Waals surface area contributed by atoms with Crippen LogP contribution in [0.15, 0.2) is 60.7 Å². The highest BCUT2D eigenvalue weighted by molar-refractivity contribution is 5.99. The van der Waals surface area contributed by atoms with Crippen LogP contribution in [0.4, 0.5) is 5.69 Å². The molecular formula is C22H23NO6. The second-order valence-electron chi connectivity index (χ2n) is 5.80. The van der Waals surface area contributed by atoms with E-state index < -0.39 is 24.5 Å². The predicted molar refractivity (Wildman–Crippen MR) is 108 cm³/mol. The number of benzene rings is 2. The predicted octanol–water partition coefficient (Wildman–Crippen LogP) is 2.85. The minimum atomic E-state index is -0.687. The van der Waals surface area contributed by atoms with Gasteiger partial charge in [-0.3, -0.25) is 14.5 Å². The second kappa shape index (κ2) is 11.3. The number of para-hydroxylation sites is 2. The van der Waals surface area contributed by atoms with Gasteiger partial charge in [0.2, 0.25) is 0 Å². The van der Waals surface area contributed by atoms with E-state index in [1.54, 1.807) is 55.5 Å². The number of methoxy groups -OCH3 is 1. The first-order valence-electron chi connectivity index (χ1n) is 9.04. The molecule has 0 fully saturated rings. The van der Waals surface area contributed by atoms with Gasteiger partial charge < -0.3 is 14.2 Å². The van der Waals surface area contributed by atoms with Crippen LogP contribution in [0.3, 0.4) is 0 Å². The Morgan fingerprint density at radius 2 is 1.66 bits per heavy atom. The third-order valence-electron chi connectivity index (χ3n) is 3.84. The first-order valence-corrected chi connectivity index (χ1v) is 9.04. The van der Waals surface area contributed by atoms with Crippen molar-refractivity contribution in [1.29, 1.82) is 0 Å². The summed E-state index contributed by atoms with van der Waals surface area (Å²) in [5, 5.41) is 0. The number of esters is 2. The molecule has 152 valence electrons. The Hall–Kier alpha value is -3.61. The van der Waals surface area contributed by atoms with Gasteiger partial charge in [0.25, 0.3) is 5.91 Å². The van der Waals surface area contributed by atoms with E-state index in [0.717, 1.165) is 0 Å². The van der Waals surface area contributed by atoms with Crippen molar-refractivity contribution in [3.8, 4) is 5.75 Å². The van der Waals surface area contributed by atoms with E-state index in [9.17, 15) is 14.4 Å². The normalized spacial score (nSPS) is 10.4. The number of nitrogens with zero attached hydrogens (tertiary/aromatic N) is 1. The number of carbonyl (C=O) groups is 3. The third-order valence-corrected chi connectivity index (χ3v) is 3.84. The van der Waals surface area contributed by atoms with Crippen LogP contribution < -0.4 is 9.64 Å². The first kappa shape index (κ1) is 21.7. The van der Waals surface area contributed by atoms with E-state index in [1.807, 2.05) is 12.1 Å². The summed E-state index contributed by atoms with van der Waals surface area (Å²) in [4.78, 5) is 37.6. The van der Waals surface area contributed by atoms with Crippen LogP contribution in [0, 0.1) is 0 Å². The van der Waals surface area contributed by atoms with E-state index in [4.69, 9.17) is 14.2 Å². The van der Waals surface area contributed by atoms with E-state index >= 15 is 0 Å². The van der Waals surface area contributed by atoms with Crippen LogP contribution >= 0.6 is 0 Å². The molecule has 0 saturated carbocycles. The van der Waals surface area contributed by atoms with E-state index in [2.05, 4.69) is 0 Å². The van der Waals surface area contributed by atoms with Crippen molar-refractivity contribution in [2.75, 3.05) is 31.8 Å². The van der Waals surface area contributed by atoms with Gasteiger partial charge in [0, 0.05) is 17.3 Å². The smallest absolute Gasteiger partial charge is 0.331 e. The molecule has 0 aromatic heterocycles. The van der Waals surface area contributed by atoms with Gasteiger partial charge in [-0.25, -0.2) is 4.79 Å². The molecular weight excluding hydrogens is 374 g/mol. The van der Waals surface area contributed by atoms with Crippen LogP contribution in [0.5, 0.6) is 5.75 Å². The van der Waals surface area contributed by atoms with E-state index in [0.29, 0.717) is 17.0 Å². The second-order valence-corrected chi connectivity index (χ2v) is 5.80. The average Bonchev–Trinajstić information content (AvgIpc) is 2.75. The summed E-state index contributed by atoms with van der Waals surface area (Å²) in [5.74, 6) is -1.17. The van der Waals surface area contributed by atoms with Crippen LogP contribution in [0.1, 0.15) is 12.5 Å². The minimum Gasteiger partial charge on any atom is -0.496 e. The maximum absolute atomic E-state index is 12.6. The molecule has 0 aliphatic heterocycles. The SMILES string of the molecule is CCOC(=O)CN(C(=O)COC(=O)/C=C/c1ccccc1OC)c1ccccc1. The van der Waals surface area contributed by atoms with Gasteiger partial charge >= 0.3 is 11.9 Å². The van der Waals surface area contributed by atoms with Crippen molar-refractivity contribution < 1.29 is 28.6 Å². The summed E-state index contributed by atoms with van der Waals surface area (Å²) < 4.78 is 15.2. The fraction of sp³-hybridized carbons (Fsp3) is 0.227. The Kier molecular flexibility index (Phi) is 8.44. The zero-order valence-corrected chi connectivity index (χ0v) is 16.4. The lowest BCUT2D eigenvalue weighted by Gasteiger charge is -2.21. The Balaban J connectivity index is 2.00.